The maximum Gasteiger partial charge on any atom is 0.325 e. The third kappa shape index (κ3) is 3.42. The van der Waals surface area contributed by atoms with E-state index in [1.54, 1.807) is 4.90 Å². The average Bonchev–Trinajstić information content (AvgIpc) is 2.76. The molecule has 0 aromatic heterocycles. The van der Waals surface area contributed by atoms with E-state index in [0.29, 0.717) is 11.4 Å². The number of amides is 3. The Morgan fingerprint density at radius 1 is 1.00 bits per heavy atom. The summed E-state index contributed by atoms with van der Waals surface area (Å²) in [6.07, 6.45) is 0. The lowest BCUT2D eigenvalue weighted by Gasteiger charge is -2.54. The van der Waals surface area contributed by atoms with Crippen molar-refractivity contribution in [1.82, 2.24) is 5.32 Å². The number of fused-ring (bicyclic) bond motifs is 4. The summed E-state index contributed by atoms with van der Waals surface area (Å²) in [7, 11) is 0. The number of hydrogen-bond acceptors (Lipinski definition) is 3. The third-order valence-electron chi connectivity index (χ3n) is 6.62. The fourth-order valence-electron chi connectivity index (χ4n) is 4.98. The molecule has 1 fully saturated rings. The summed E-state index contributed by atoms with van der Waals surface area (Å²) in [6.45, 7) is 7.80. The molecule has 6 heteroatoms. The molecule has 0 spiro atoms. The predicted molar refractivity (Wildman–Crippen MR) is 128 cm³/mol. The predicted octanol–water partition coefficient (Wildman–Crippen LogP) is 5.25. The van der Waals surface area contributed by atoms with Gasteiger partial charge >= 0.3 is 6.03 Å². The van der Waals surface area contributed by atoms with Crippen molar-refractivity contribution in [3.63, 3.8) is 0 Å². The molecule has 3 aromatic carbocycles. The van der Waals surface area contributed by atoms with E-state index in [1.807, 2.05) is 94.4 Å². The maximum absolute atomic E-state index is 13.8. The first-order valence-corrected chi connectivity index (χ1v) is 11.1. The van der Waals surface area contributed by atoms with E-state index < -0.39 is 17.7 Å². The van der Waals surface area contributed by atoms with Crippen LogP contribution in [0.1, 0.15) is 35.2 Å². The largest absolute Gasteiger partial charge is 0.466 e. The Morgan fingerprint density at radius 2 is 1.70 bits per heavy atom. The third-order valence-corrected chi connectivity index (χ3v) is 6.62. The number of carbonyl (C=O) groups excluding carboxylic acids is 2. The average molecular weight is 442 g/mol. The van der Waals surface area contributed by atoms with E-state index >= 15 is 0 Å². The van der Waals surface area contributed by atoms with Crippen LogP contribution in [0.4, 0.5) is 16.2 Å². The summed E-state index contributed by atoms with van der Waals surface area (Å²) < 4.78 is 6.48. The Hall–Kier alpha value is -3.80. The van der Waals surface area contributed by atoms with Crippen LogP contribution in [0.5, 0.6) is 5.75 Å². The van der Waals surface area contributed by atoms with Gasteiger partial charge in [-0.15, -0.1) is 0 Å². The van der Waals surface area contributed by atoms with Crippen molar-refractivity contribution in [1.29, 1.82) is 0 Å². The normalized spacial score (nSPS) is 23.3. The molecule has 168 valence electrons. The number of benzene rings is 3. The number of urea groups is 1. The fourth-order valence-corrected chi connectivity index (χ4v) is 4.98. The number of aryl methyl sites for hydroxylation is 3. The van der Waals surface area contributed by atoms with Crippen LogP contribution in [0, 0.1) is 26.7 Å². The van der Waals surface area contributed by atoms with E-state index in [2.05, 4.69) is 10.6 Å². The lowest BCUT2D eigenvalue weighted by atomic mass is 9.78. The van der Waals surface area contributed by atoms with Crippen LogP contribution in [-0.2, 0) is 4.79 Å². The Morgan fingerprint density at radius 3 is 2.42 bits per heavy atom. The van der Waals surface area contributed by atoms with Crippen LogP contribution in [0.25, 0.3) is 0 Å². The minimum Gasteiger partial charge on any atom is -0.466 e. The van der Waals surface area contributed by atoms with Gasteiger partial charge in [-0.05, 0) is 57.5 Å². The first kappa shape index (κ1) is 21.1. The van der Waals surface area contributed by atoms with E-state index in [-0.39, 0.29) is 11.9 Å². The van der Waals surface area contributed by atoms with Gasteiger partial charge in [0.2, 0.25) is 11.6 Å². The van der Waals surface area contributed by atoms with Crippen molar-refractivity contribution < 1.29 is 14.3 Å². The molecule has 1 saturated heterocycles. The molecule has 0 saturated carbocycles. The molecule has 3 amide bonds. The van der Waals surface area contributed by atoms with Gasteiger partial charge in [0.1, 0.15) is 11.7 Å². The minimum atomic E-state index is -1.22. The highest BCUT2D eigenvalue weighted by molar-refractivity contribution is 6.01. The second-order valence-electron chi connectivity index (χ2n) is 9.08. The summed E-state index contributed by atoms with van der Waals surface area (Å²) >= 11 is 0. The zero-order valence-corrected chi connectivity index (χ0v) is 19.2. The lowest BCUT2D eigenvalue weighted by Crippen LogP contribution is -2.72. The topological polar surface area (TPSA) is 70.7 Å². The first-order valence-electron chi connectivity index (χ1n) is 11.1. The van der Waals surface area contributed by atoms with Crippen molar-refractivity contribution in [2.45, 2.75) is 39.5 Å². The zero-order chi connectivity index (χ0) is 23.3. The summed E-state index contributed by atoms with van der Waals surface area (Å²) in [6, 6.07) is 20.3. The van der Waals surface area contributed by atoms with Gasteiger partial charge in [-0.1, -0.05) is 53.6 Å². The molecule has 2 aliphatic rings. The van der Waals surface area contributed by atoms with Crippen LogP contribution in [-0.4, -0.2) is 17.7 Å². The molecule has 2 bridgehead atoms. The Bertz CT molecular complexity index is 1250. The van der Waals surface area contributed by atoms with Crippen LogP contribution >= 0.6 is 0 Å². The van der Waals surface area contributed by atoms with Gasteiger partial charge in [-0.3, -0.25) is 9.69 Å². The maximum atomic E-state index is 13.8. The molecular formula is C27H27N3O3. The molecule has 0 radical (unpaired) electrons. The molecule has 3 aromatic rings. The first-order chi connectivity index (χ1) is 15.8. The monoisotopic (exact) mass is 441 g/mol. The van der Waals surface area contributed by atoms with E-state index in [9.17, 15) is 9.59 Å². The Balaban J connectivity index is 1.61. The molecule has 2 aliphatic heterocycles. The molecule has 33 heavy (non-hydrogen) atoms. The zero-order valence-electron chi connectivity index (χ0n) is 19.2. The molecule has 0 unspecified atom stereocenters. The number of carbonyl (C=O) groups is 2. The van der Waals surface area contributed by atoms with Gasteiger partial charge < -0.3 is 15.4 Å². The van der Waals surface area contributed by atoms with Crippen molar-refractivity contribution >= 4 is 23.3 Å². The number of nitrogens with one attached hydrogen (secondary N) is 2. The Labute approximate surface area is 193 Å². The highest BCUT2D eigenvalue weighted by Crippen LogP contribution is 2.49. The molecule has 5 rings (SSSR count). The number of anilines is 2. The second kappa shape index (κ2) is 7.66. The SMILES string of the molecule is Cc1ccc(N2C(=O)N[C@H]3c4ccccc4O[C@@]2(C)[C@H]3C(=O)Nc2ccc(C)cc2C)cc1. The highest BCUT2D eigenvalue weighted by atomic mass is 16.5. The number of ether oxygens (including phenoxy) is 1. The molecular weight excluding hydrogens is 414 g/mol. The van der Waals surface area contributed by atoms with E-state index in [1.165, 1.54) is 0 Å². The van der Waals surface area contributed by atoms with Gasteiger partial charge in [0, 0.05) is 16.9 Å². The van der Waals surface area contributed by atoms with Crippen LogP contribution in [0.15, 0.2) is 66.7 Å². The van der Waals surface area contributed by atoms with Gasteiger partial charge in [0.15, 0.2) is 0 Å². The van der Waals surface area contributed by atoms with E-state index in [0.717, 1.165) is 27.9 Å². The van der Waals surface area contributed by atoms with Crippen LogP contribution < -0.4 is 20.3 Å². The molecule has 2 N–H and O–H groups in total. The molecule has 0 aliphatic carbocycles. The number of para-hydroxylation sites is 1. The number of nitrogens with zero attached hydrogens (tertiary/aromatic N) is 1. The van der Waals surface area contributed by atoms with Gasteiger partial charge in [0.05, 0.1) is 6.04 Å². The molecule has 3 atom stereocenters. The second-order valence-corrected chi connectivity index (χ2v) is 9.08. The quantitative estimate of drug-likeness (QED) is 0.583. The van der Waals surface area contributed by atoms with Gasteiger partial charge in [0.25, 0.3) is 0 Å². The van der Waals surface area contributed by atoms with Crippen LogP contribution in [0.3, 0.4) is 0 Å². The number of hydrogen-bond donors (Lipinski definition) is 2. The highest BCUT2D eigenvalue weighted by Gasteiger charge is 2.60. The standard InChI is InChI=1S/C27H27N3O3/c1-16-9-12-19(13-10-16)30-26(32)29-24-20-7-5-6-8-22(20)33-27(30,4)23(24)25(31)28-21-14-11-17(2)15-18(21)3/h5-15,23-24H,1-4H3,(H,28,31)(H,29,32)/t23-,24+,27+/m1/s1. The van der Waals surface area contributed by atoms with Crippen LogP contribution in [0.2, 0.25) is 0 Å². The summed E-state index contributed by atoms with van der Waals surface area (Å²) in [4.78, 5) is 28.7. The summed E-state index contributed by atoms with van der Waals surface area (Å²) in [5.74, 6) is -0.231. The summed E-state index contributed by atoms with van der Waals surface area (Å²) in [5, 5.41) is 6.17. The Kier molecular flexibility index (Phi) is 4.89. The minimum absolute atomic E-state index is 0.207. The van der Waals surface area contributed by atoms with Crippen molar-refractivity contribution in [2.75, 3.05) is 10.2 Å². The van der Waals surface area contributed by atoms with Crippen molar-refractivity contribution in [3.8, 4) is 5.75 Å². The summed E-state index contributed by atoms with van der Waals surface area (Å²) in [5.41, 5.74) is 4.18. The molecule has 6 nitrogen and oxygen atoms in total. The fraction of sp³-hybridized carbons (Fsp3) is 0.259. The molecule has 2 heterocycles. The van der Waals surface area contributed by atoms with Gasteiger partial charge in [-0.2, -0.15) is 0 Å². The van der Waals surface area contributed by atoms with Gasteiger partial charge in [-0.25, -0.2) is 4.79 Å². The number of rotatable bonds is 3. The lowest BCUT2D eigenvalue weighted by molar-refractivity contribution is -0.131. The van der Waals surface area contributed by atoms with Crippen molar-refractivity contribution in [3.05, 3.63) is 89.0 Å². The van der Waals surface area contributed by atoms with E-state index in [4.69, 9.17) is 4.74 Å². The van der Waals surface area contributed by atoms with Crippen molar-refractivity contribution in [2.24, 2.45) is 5.92 Å². The smallest absolute Gasteiger partial charge is 0.325 e.